The van der Waals surface area contributed by atoms with Crippen LogP contribution in [-0.4, -0.2) is 24.3 Å². The molecule has 8 heteroatoms. The molecule has 29 heavy (non-hydrogen) atoms. The van der Waals surface area contributed by atoms with Crippen molar-refractivity contribution in [3.63, 3.8) is 0 Å². The number of hydrogen-bond acceptors (Lipinski definition) is 4. The molecule has 148 valence electrons. The summed E-state index contributed by atoms with van der Waals surface area (Å²) in [4.78, 5) is 38.8. The Labute approximate surface area is 171 Å². The van der Waals surface area contributed by atoms with Crippen molar-refractivity contribution in [2.75, 3.05) is 11.4 Å². The first-order valence-corrected chi connectivity index (χ1v) is 9.52. The van der Waals surface area contributed by atoms with Crippen LogP contribution in [0.5, 0.6) is 0 Å². The van der Waals surface area contributed by atoms with Crippen LogP contribution >= 0.6 is 11.6 Å². The predicted molar refractivity (Wildman–Crippen MR) is 109 cm³/mol. The first kappa shape index (κ1) is 19.0. The molecule has 1 aliphatic heterocycles. The van der Waals surface area contributed by atoms with Gasteiger partial charge in [-0.25, -0.2) is 0 Å². The third kappa shape index (κ3) is 3.56. The molecule has 1 aliphatic rings. The standard InChI is InChI=1S/C21H18ClN3O4/c1-12-14-5-2-3-6-17(14)29-19(12)21(28)24-23-20(27)15-9-8-13(22)11-16(15)25-10-4-7-18(25)26/h2-3,5-6,8-9,11H,4,7,10H2,1H3,(H,23,27)(H,24,28). The predicted octanol–water partition coefficient (Wildman–Crippen LogP) is 3.60. The Hall–Kier alpha value is -3.32. The van der Waals surface area contributed by atoms with E-state index >= 15 is 0 Å². The van der Waals surface area contributed by atoms with Gasteiger partial charge in [-0.1, -0.05) is 29.8 Å². The summed E-state index contributed by atoms with van der Waals surface area (Å²) in [6.07, 6.45) is 1.14. The topological polar surface area (TPSA) is 91.7 Å². The van der Waals surface area contributed by atoms with Gasteiger partial charge in [0, 0.05) is 28.9 Å². The highest BCUT2D eigenvalue weighted by molar-refractivity contribution is 6.31. The number of nitrogens with one attached hydrogen (secondary N) is 2. The van der Waals surface area contributed by atoms with Crippen molar-refractivity contribution < 1.29 is 18.8 Å². The van der Waals surface area contributed by atoms with E-state index in [2.05, 4.69) is 10.9 Å². The van der Waals surface area contributed by atoms with Crippen LogP contribution in [0.1, 0.15) is 39.3 Å². The number of rotatable bonds is 3. The maximum absolute atomic E-state index is 12.7. The van der Waals surface area contributed by atoms with Crippen LogP contribution in [0.4, 0.5) is 5.69 Å². The number of nitrogens with zero attached hydrogens (tertiary/aromatic N) is 1. The molecule has 1 aromatic heterocycles. The molecule has 2 aromatic carbocycles. The number of aryl methyl sites for hydroxylation is 1. The molecule has 4 rings (SSSR count). The van der Waals surface area contributed by atoms with Crippen LogP contribution < -0.4 is 15.8 Å². The second-order valence-electron chi connectivity index (χ2n) is 6.77. The van der Waals surface area contributed by atoms with Crippen LogP contribution in [0.2, 0.25) is 5.02 Å². The van der Waals surface area contributed by atoms with E-state index in [1.807, 2.05) is 18.2 Å². The number of benzene rings is 2. The van der Waals surface area contributed by atoms with Crippen molar-refractivity contribution in [3.05, 3.63) is 64.4 Å². The van der Waals surface area contributed by atoms with Crippen LogP contribution in [0, 0.1) is 6.92 Å². The maximum atomic E-state index is 12.7. The molecule has 3 aromatic rings. The summed E-state index contributed by atoms with van der Waals surface area (Å²) < 4.78 is 5.60. The molecule has 0 spiro atoms. The summed E-state index contributed by atoms with van der Waals surface area (Å²) in [6, 6.07) is 12.0. The number of para-hydroxylation sites is 1. The Bertz CT molecular complexity index is 1140. The zero-order valence-electron chi connectivity index (χ0n) is 15.6. The number of carbonyl (C=O) groups is 3. The van der Waals surface area contributed by atoms with Crippen molar-refractivity contribution in [2.24, 2.45) is 0 Å². The molecule has 0 bridgehead atoms. The van der Waals surface area contributed by atoms with E-state index in [-0.39, 0.29) is 17.2 Å². The van der Waals surface area contributed by atoms with E-state index in [0.717, 1.165) is 5.39 Å². The lowest BCUT2D eigenvalue weighted by Gasteiger charge is -2.19. The molecule has 7 nitrogen and oxygen atoms in total. The van der Waals surface area contributed by atoms with Crippen molar-refractivity contribution in [3.8, 4) is 0 Å². The highest BCUT2D eigenvalue weighted by atomic mass is 35.5. The molecule has 2 N–H and O–H groups in total. The number of amides is 3. The third-order valence-electron chi connectivity index (χ3n) is 4.91. The first-order valence-electron chi connectivity index (χ1n) is 9.14. The maximum Gasteiger partial charge on any atom is 0.305 e. The summed E-state index contributed by atoms with van der Waals surface area (Å²) in [7, 11) is 0. The second-order valence-corrected chi connectivity index (χ2v) is 7.21. The minimum absolute atomic E-state index is 0.0664. The van der Waals surface area contributed by atoms with Crippen LogP contribution in [-0.2, 0) is 4.79 Å². The van der Waals surface area contributed by atoms with Gasteiger partial charge in [-0.05, 0) is 37.6 Å². The van der Waals surface area contributed by atoms with Crippen LogP contribution in [0.25, 0.3) is 11.0 Å². The van der Waals surface area contributed by atoms with Gasteiger partial charge >= 0.3 is 5.91 Å². The number of furan rings is 1. The van der Waals surface area contributed by atoms with E-state index in [1.165, 1.54) is 11.0 Å². The third-order valence-corrected chi connectivity index (χ3v) is 5.14. The fourth-order valence-electron chi connectivity index (χ4n) is 3.45. The quantitative estimate of drug-likeness (QED) is 0.644. The summed E-state index contributed by atoms with van der Waals surface area (Å²) in [5.74, 6) is -1.07. The smallest absolute Gasteiger partial charge is 0.305 e. The second kappa shape index (κ2) is 7.60. The van der Waals surface area contributed by atoms with E-state index in [9.17, 15) is 14.4 Å². The van der Waals surface area contributed by atoms with Gasteiger partial charge in [0.25, 0.3) is 5.91 Å². The SMILES string of the molecule is Cc1c(C(=O)NNC(=O)c2ccc(Cl)cc2N2CCCC2=O)oc2ccccc12. The number of halogens is 1. The van der Waals surface area contributed by atoms with Crippen LogP contribution in [0.3, 0.4) is 0 Å². The average molecular weight is 412 g/mol. The van der Waals surface area contributed by atoms with Gasteiger partial charge in [-0.2, -0.15) is 0 Å². The van der Waals surface area contributed by atoms with E-state index in [4.69, 9.17) is 16.0 Å². The lowest BCUT2D eigenvalue weighted by atomic mass is 10.1. The molecule has 2 heterocycles. The first-order chi connectivity index (χ1) is 14.0. The minimum Gasteiger partial charge on any atom is -0.451 e. The minimum atomic E-state index is -0.570. The van der Waals surface area contributed by atoms with Gasteiger partial charge in [0.05, 0.1) is 11.3 Å². The van der Waals surface area contributed by atoms with Gasteiger partial charge in [-0.15, -0.1) is 0 Å². The Morgan fingerprint density at radius 2 is 1.86 bits per heavy atom. The van der Waals surface area contributed by atoms with Crippen molar-refractivity contribution in [2.45, 2.75) is 19.8 Å². The van der Waals surface area contributed by atoms with Crippen LogP contribution in [0.15, 0.2) is 46.9 Å². The van der Waals surface area contributed by atoms with Crippen molar-refractivity contribution >= 4 is 46.0 Å². The Morgan fingerprint density at radius 1 is 1.10 bits per heavy atom. The highest BCUT2D eigenvalue weighted by Crippen LogP contribution is 2.29. The van der Waals surface area contributed by atoms with Crippen molar-refractivity contribution in [1.29, 1.82) is 0 Å². The average Bonchev–Trinajstić information content (AvgIpc) is 3.29. The van der Waals surface area contributed by atoms with E-state index in [0.29, 0.717) is 41.2 Å². The highest BCUT2D eigenvalue weighted by Gasteiger charge is 2.26. The zero-order valence-corrected chi connectivity index (χ0v) is 16.4. The lowest BCUT2D eigenvalue weighted by Crippen LogP contribution is -2.42. The molecule has 1 fully saturated rings. The monoisotopic (exact) mass is 411 g/mol. The normalized spacial score (nSPS) is 13.7. The van der Waals surface area contributed by atoms with Gasteiger partial charge in [-0.3, -0.25) is 25.2 Å². The molecule has 0 atom stereocenters. The van der Waals surface area contributed by atoms with Gasteiger partial charge in [0.1, 0.15) is 5.58 Å². The molecular weight excluding hydrogens is 394 g/mol. The number of hydrazine groups is 1. The fraction of sp³-hybridized carbons (Fsp3) is 0.190. The van der Waals surface area contributed by atoms with E-state index < -0.39 is 11.8 Å². The number of fused-ring (bicyclic) bond motifs is 1. The number of carbonyl (C=O) groups excluding carboxylic acids is 3. The molecule has 0 unspecified atom stereocenters. The summed E-state index contributed by atoms with van der Waals surface area (Å²) in [5, 5.41) is 1.25. The lowest BCUT2D eigenvalue weighted by molar-refractivity contribution is -0.117. The fourth-order valence-corrected chi connectivity index (χ4v) is 3.62. The van der Waals surface area contributed by atoms with Gasteiger partial charge in [0.15, 0.2) is 5.76 Å². The summed E-state index contributed by atoms with van der Waals surface area (Å²) in [5.41, 5.74) is 6.70. The summed E-state index contributed by atoms with van der Waals surface area (Å²) in [6.45, 7) is 2.29. The molecule has 3 amide bonds. The summed E-state index contributed by atoms with van der Waals surface area (Å²) >= 11 is 6.06. The number of anilines is 1. The zero-order chi connectivity index (χ0) is 20.5. The Balaban J connectivity index is 1.53. The van der Waals surface area contributed by atoms with E-state index in [1.54, 1.807) is 25.1 Å². The van der Waals surface area contributed by atoms with Crippen molar-refractivity contribution in [1.82, 2.24) is 10.9 Å². The molecular formula is C21H18ClN3O4. The molecule has 0 saturated carbocycles. The van der Waals surface area contributed by atoms with Gasteiger partial charge in [0.2, 0.25) is 5.91 Å². The molecule has 0 aliphatic carbocycles. The van der Waals surface area contributed by atoms with Gasteiger partial charge < -0.3 is 9.32 Å². The Kier molecular flexibility index (Phi) is 4.98. The Morgan fingerprint density at radius 3 is 2.59 bits per heavy atom. The molecule has 0 radical (unpaired) electrons. The number of hydrogen-bond donors (Lipinski definition) is 2. The molecule has 1 saturated heterocycles. The largest absolute Gasteiger partial charge is 0.451 e.